The normalized spacial score (nSPS) is 10.2. The fourth-order valence-electron chi connectivity index (χ4n) is 1.71. The molecule has 1 atom stereocenters. The number of carbonyl (C=O) groups is 1. The summed E-state index contributed by atoms with van der Waals surface area (Å²) in [7, 11) is 0. The van der Waals surface area contributed by atoms with Crippen molar-refractivity contribution in [2.75, 3.05) is 11.9 Å². The number of rotatable bonds is 5. The quantitative estimate of drug-likeness (QED) is 0.496. The minimum atomic E-state index is -1.61. The van der Waals surface area contributed by atoms with Gasteiger partial charge < -0.3 is 22.6 Å². The summed E-state index contributed by atoms with van der Waals surface area (Å²) in [6.45, 7) is 15.3. The molecule has 0 heterocycles. The summed E-state index contributed by atoms with van der Waals surface area (Å²) in [5, 5.41) is 12.9. The molecule has 0 aliphatic rings. The van der Waals surface area contributed by atoms with E-state index in [1.165, 1.54) is 6.92 Å². The van der Waals surface area contributed by atoms with Crippen LogP contribution in [-0.4, -0.2) is 23.2 Å². The van der Waals surface area contributed by atoms with Crippen LogP contribution >= 0.6 is 0 Å². The largest absolute Gasteiger partial charge is 0.490 e. The van der Waals surface area contributed by atoms with E-state index >= 15 is 0 Å². The predicted molar refractivity (Wildman–Crippen MR) is 123 cm³/mol. The van der Waals surface area contributed by atoms with E-state index < -0.39 is 11.5 Å². The van der Waals surface area contributed by atoms with Crippen molar-refractivity contribution in [1.29, 1.82) is 0 Å². The van der Waals surface area contributed by atoms with Gasteiger partial charge in [0.2, 0.25) is 0 Å². The first-order chi connectivity index (χ1) is 13.0. The zero-order valence-electron chi connectivity index (χ0n) is 19.7. The van der Waals surface area contributed by atoms with Gasteiger partial charge in [0.15, 0.2) is 5.60 Å². The van der Waals surface area contributed by atoms with Crippen molar-refractivity contribution in [3.63, 3.8) is 0 Å². The molecule has 0 fully saturated rings. The summed E-state index contributed by atoms with van der Waals surface area (Å²) >= 11 is 0. The third-order valence-electron chi connectivity index (χ3n) is 3.06. The molecule has 0 aliphatic carbocycles. The Morgan fingerprint density at radius 2 is 1.38 bits per heavy atom. The van der Waals surface area contributed by atoms with E-state index in [9.17, 15) is 9.90 Å². The van der Waals surface area contributed by atoms with E-state index in [2.05, 4.69) is 5.32 Å². The average Bonchev–Trinajstić information content (AvgIpc) is 2.73. The topological polar surface area (TPSA) is 58.6 Å². The molecule has 1 amide bonds. The number of aliphatic hydroxyl groups is 1. The van der Waals surface area contributed by atoms with Crippen LogP contribution in [0.2, 0.25) is 0 Å². The van der Waals surface area contributed by atoms with Gasteiger partial charge in [-0.2, -0.15) is 0 Å². The molecule has 29 heavy (non-hydrogen) atoms. The van der Waals surface area contributed by atoms with Crippen LogP contribution in [0.25, 0.3) is 0 Å². The molecule has 0 bridgehead atoms. The number of hydrogen-bond donors (Lipinski definition) is 2. The Hall–Kier alpha value is -1.23. The van der Waals surface area contributed by atoms with Crippen LogP contribution in [0.5, 0.6) is 5.75 Å². The Labute approximate surface area is 204 Å². The van der Waals surface area contributed by atoms with Crippen LogP contribution in [0.4, 0.5) is 5.69 Å². The Morgan fingerprint density at radius 3 is 1.83 bits per heavy atom. The number of hydrogen-bond acceptors (Lipinski definition) is 3. The maximum Gasteiger partial charge on any atom is 0.259 e. The molecule has 0 unspecified atom stereocenters. The molecule has 163 valence electrons. The summed E-state index contributed by atoms with van der Waals surface area (Å²) in [5.74, 6) is 0.120. The molecule has 2 aromatic carbocycles. The number of carbonyl (C=O) groups excluding carboxylic acids is 1. The molecule has 0 aromatic heterocycles. The molecule has 2 aromatic rings. The third kappa shape index (κ3) is 15.3. The van der Waals surface area contributed by atoms with Gasteiger partial charge in [0.05, 0.1) is 0 Å². The number of nitrogens with one attached hydrogen (secondary N) is 1. The van der Waals surface area contributed by atoms with Gasteiger partial charge in [-0.25, -0.2) is 0 Å². The Kier molecular flexibility index (Phi) is 26.1. The Morgan fingerprint density at radius 1 is 0.931 bits per heavy atom. The molecule has 0 aliphatic heterocycles. The smallest absolute Gasteiger partial charge is 0.259 e. The minimum absolute atomic E-state index is 0. The van der Waals surface area contributed by atoms with Crippen LogP contribution in [-0.2, 0) is 37.5 Å². The minimum Gasteiger partial charge on any atom is -0.490 e. The number of amides is 1. The van der Waals surface area contributed by atoms with E-state index in [-0.39, 0.29) is 46.7 Å². The van der Waals surface area contributed by atoms with Crippen molar-refractivity contribution < 1.29 is 47.3 Å². The van der Waals surface area contributed by atoms with E-state index in [4.69, 9.17) is 4.74 Å². The van der Waals surface area contributed by atoms with Gasteiger partial charge >= 0.3 is 0 Å². The molecule has 2 N–H and O–H groups in total. The molecule has 5 heteroatoms. The monoisotopic (exact) mass is 479 g/mol. The van der Waals surface area contributed by atoms with E-state index in [1.54, 1.807) is 24.3 Å². The molecule has 0 saturated carbocycles. The molecular formula is C24H40NO3Y-. The van der Waals surface area contributed by atoms with Gasteiger partial charge in [0, 0.05) is 38.4 Å². The second-order valence-electron chi connectivity index (χ2n) is 5.20. The average molecular weight is 479 g/mol. The number of para-hydroxylation sites is 1. The van der Waals surface area contributed by atoms with E-state index in [1.807, 2.05) is 78.8 Å². The summed E-state index contributed by atoms with van der Waals surface area (Å²) in [6.07, 6.45) is 0. The van der Waals surface area contributed by atoms with Gasteiger partial charge in [-0.1, -0.05) is 77.4 Å². The maximum atomic E-state index is 12.1. The first kappa shape index (κ1) is 35.2. The van der Waals surface area contributed by atoms with Crippen molar-refractivity contribution in [3.05, 3.63) is 67.6 Å². The van der Waals surface area contributed by atoms with Crippen molar-refractivity contribution in [2.24, 2.45) is 0 Å². The molecule has 2 rings (SSSR count). The number of aryl methyl sites for hydroxylation is 1. The standard InChI is InChI=1S/C17H19NO3.3C2H6.CH3.Y/c1-13-8-10-15(11-9-13)21-12-17(2,20)16(19)18-14-6-4-3-5-7-14;3*1-2;;/h3-11,20H,12H2,1-2H3,(H,18,19);3*1-2H3;1H3;/q;;;;-1;/t17-;;;;;/m0...../s1. The fraction of sp³-hybridized carbons (Fsp3) is 0.417. The first-order valence-electron chi connectivity index (χ1n) is 9.76. The SMILES string of the molecule is CC.CC.CC.Cc1ccc(OC[C@](C)(O)C(=O)Nc2ccccc2)cc1.[CH3-].[Y]. The van der Waals surface area contributed by atoms with Gasteiger partial charge in [0.25, 0.3) is 5.91 Å². The van der Waals surface area contributed by atoms with Crippen molar-refractivity contribution in [1.82, 2.24) is 0 Å². The second kappa shape index (κ2) is 21.5. The molecule has 0 saturated heterocycles. The van der Waals surface area contributed by atoms with Gasteiger partial charge in [-0.05, 0) is 38.1 Å². The van der Waals surface area contributed by atoms with E-state index in [0.717, 1.165) is 5.56 Å². The van der Waals surface area contributed by atoms with Crippen LogP contribution in [0.1, 0.15) is 54.0 Å². The summed E-state index contributed by atoms with van der Waals surface area (Å²) in [5.41, 5.74) is 0.148. The maximum absolute atomic E-state index is 12.1. The van der Waals surface area contributed by atoms with Crippen molar-refractivity contribution in [2.45, 2.75) is 61.0 Å². The molecule has 1 radical (unpaired) electrons. The third-order valence-corrected chi connectivity index (χ3v) is 3.06. The number of benzene rings is 2. The summed E-state index contributed by atoms with van der Waals surface area (Å²) in [6, 6.07) is 16.4. The van der Waals surface area contributed by atoms with E-state index in [0.29, 0.717) is 11.4 Å². The number of ether oxygens (including phenoxy) is 1. The predicted octanol–water partition coefficient (Wildman–Crippen LogP) is 6.29. The van der Waals surface area contributed by atoms with Crippen molar-refractivity contribution >= 4 is 11.6 Å². The summed E-state index contributed by atoms with van der Waals surface area (Å²) in [4.78, 5) is 12.1. The van der Waals surface area contributed by atoms with Gasteiger partial charge in [-0.15, -0.1) is 0 Å². The van der Waals surface area contributed by atoms with Gasteiger partial charge in [-0.3, -0.25) is 4.79 Å². The first-order valence-corrected chi connectivity index (χ1v) is 9.76. The fourth-order valence-corrected chi connectivity index (χ4v) is 1.71. The molecular weight excluding hydrogens is 439 g/mol. The number of anilines is 1. The van der Waals surface area contributed by atoms with Crippen LogP contribution < -0.4 is 10.1 Å². The Balaban J connectivity index is -0.000000358. The van der Waals surface area contributed by atoms with Crippen LogP contribution in [0.3, 0.4) is 0 Å². The van der Waals surface area contributed by atoms with Crippen molar-refractivity contribution in [3.8, 4) is 5.75 Å². The van der Waals surface area contributed by atoms with Crippen LogP contribution in [0.15, 0.2) is 54.6 Å². The van der Waals surface area contributed by atoms with Crippen LogP contribution in [0, 0.1) is 14.4 Å². The molecule has 4 nitrogen and oxygen atoms in total. The van der Waals surface area contributed by atoms with Gasteiger partial charge in [0.1, 0.15) is 12.4 Å². The second-order valence-corrected chi connectivity index (χ2v) is 5.20. The summed E-state index contributed by atoms with van der Waals surface area (Å²) < 4.78 is 5.47. The molecule has 0 spiro atoms. The Bertz CT molecular complexity index is 599. The zero-order chi connectivity index (χ0) is 21.3. The zero-order valence-corrected chi connectivity index (χ0v) is 22.6.